The number of carboxylic acids is 1. The summed E-state index contributed by atoms with van der Waals surface area (Å²) in [6, 6.07) is 3.52. The van der Waals surface area contributed by atoms with Crippen molar-refractivity contribution in [1.82, 2.24) is 0 Å². The van der Waals surface area contributed by atoms with E-state index in [2.05, 4.69) is 0 Å². The molecule has 0 saturated carbocycles. The minimum Gasteiger partial charge on any atom is -0.507 e. The molecule has 2 N–H and O–H groups in total. The molecule has 13 heavy (non-hydrogen) atoms. The number of carboxylic acid groups (broad SMARTS) is 1. The van der Waals surface area contributed by atoms with Crippen LogP contribution in [0.4, 0.5) is 0 Å². The second-order valence-corrected chi connectivity index (χ2v) is 2.20. The largest absolute Gasteiger partial charge is 0.507 e. The van der Waals surface area contributed by atoms with Gasteiger partial charge in [-0.3, -0.25) is 4.79 Å². The zero-order valence-electron chi connectivity index (χ0n) is 6.40. The number of carbonyl (C=O) groups is 2. The molecule has 69 valence electrons. The summed E-state index contributed by atoms with van der Waals surface area (Å²) in [6.07, 6.45) is 0.405. The molecule has 1 rings (SSSR count). The molecule has 0 bridgehead atoms. The molecular formula is C8H6O4Re. The van der Waals surface area contributed by atoms with Crippen molar-refractivity contribution in [3.63, 3.8) is 0 Å². The Bertz CT molecular complexity index is 335. The summed E-state index contributed by atoms with van der Waals surface area (Å²) >= 11 is 0. The van der Waals surface area contributed by atoms with E-state index in [0.29, 0.717) is 6.29 Å². The van der Waals surface area contributed by atoms with Crippen LogP contribution in [0.5, 0.6) is 5.75 Å². The molecule has 0 aliphatic rings. The number of phenols is 1. The average molecular weight is 352 g/mol. The molecule has 0 aromatic heterocycles. The van der Waals surface area contributed by atoms with Crippen molar-refractivity contribution in [2.45, 2.75) is 0 Å². The normalized spacial score (nSPS) is 8.62. The third kappa shape index (κ3) is 2.65. The summed E-state index contributed by atoms with van der Waals surface area (Å²) in [4.78, 5) is 20.6. The summed E-state index contributed by atoms with van der Waals surface area (Å²) in [5.41, 5.74) is -0.0372. The van der Waals surface area contributed by atoms with Gasteiger partial charge in [0.15, 0.2) is 6.29 Å². The number of hydrogen-bond donors (Lipinski definition) is 2. The number of aromatic hydroxyl groups is 1. The van der Waals surface area contributed by atoms with Crippen molar-refractivity contribution >= 4 is 12.3 Å². The summed E-state index contributed by atoms with van der Waals surface area (Å²) < 4.78 is 0. The maximum Gasteiger partial charge on any atom is 0.335 e. The first-order chi connectivity index (χ1) is 5.65. The van der Waals surface area contributed by atoms with E-state index in [1.807, 2.05) is 0 Å². The molecule has 0 unspecified atom stereocenters. The Labute approximate surface area is 87.9 Å². The van der Waals surface area contributed by atoms with Crippen LogP contribution in [-0.4, -0.2) is 22.5 Å². The van der Waals surface area contributed by atoms with Crippen molar-refractivity contribution < 1.29 is 40.2 Å². The maximum atomic E-state index is 10.4. The fourth-order valence-corrected chi connectivity index (χ4v) is 0.782. The Morgan fingerprint density at radius 3 is 2.46 bits per heavy atom. The van der Waals surface area contributed by atoms with Gasteiger partial charge in [-0.15, -0.1) is 0 Å². The molecule has 0 atom stereocenters. The Hall–Kier alpha value is -1.18. The molecule has 1 aromatic carbocycles. The molecule has 0 saturated heterocycles. The van der Waals surface area contributed by atoms with Crippen LogP contribution < -0.4 is 0 Å². The van der Waals surface area contributed by atoms with Crippen LogP contribution in [0.1, 0.15) is 20.7 Å². The second-order valence-electron chi connectivity index (χ2n) is 2.20. The minimum absolute atomic E-state index is 0. The summed E-state index contributed by atoms with van der Waals surface area (Å²) in [5, 5.41) is 17.5. The standard InChI is InChI=1S/C8H6O4.Re/c9-4-6-3-5(8(11)12)1-2-7(6)10;/h1-4,10H,(H,11,12);. The number of aromatic carboxylic acids is 1. The van der Waals surface area contributed by atoms with E-state index in [-0.39, 0.29) is 37.3 Å². The number of carbonyl (C=O) groups excluding carboxylic acids is 1. The molecule has 0 aliphatic heterocycles. The Kier molecular flexibility index (Phi) is 4.32. The zero-order valence-corrected chi connectivity index (χ0v) is 9.11. The van der Waals surface area contributed by atoms with E-state index in [1.54, 1.807) is 0 Å². The third-order valence-corrected chi connectivity index (χ3v) is 1.40. The van der Waals surface area contributed by atoms with Gasteiger partial charge in [0.05, 0.1) is 11.1 Å². The van der Waals surface area contributed by atoms with E-state index in [4.69, 9.17) is 10.2 Å². The van der Waals surface area contributed by atoms with Gasteiger partial charge in [0.2, 0.25) is 0 Å². The molecular weight excluding hydrogens is 346 g/mol. The first-order valence-electron chi connectivity index (χ1n) is 3.16. The van der Waals surface area contributed by atoms with E-state index < -0.39 is 5.97 Å². The van der Waals surface area contributed by atoms with E-state index in [0.717, 1.165) is 6.07 Å². The van der Waals surface area contributed by atoms with Crippen molar-refractivity contribution in [2.75, 3.05) is 0 Å². The fraction of sp³-hybridized carbons (Fsp3) is 0. The SMILES string of the molecule is O=Cc1cc(C(=O)O)ccc1O.[Re]. The second kappa shape index (κ2) is 4.75. The fourth-order valence-electron chi connectivity index (χ4n) is 0.782. The van der Waals surface area contributed by atoms with Gasteiger partial charge in [-0.2, -0.15) is 0 Å². The monoisotopic (exact) mass is 353 g/mol. The smallest absolute Gasteiger partial charge is 0.335 e. The van der Waals surface area contributed by atoms with E-state index in [9.17, 15) is 9.59 Å². The van der Waals surface area contributed by atoms with Crippen LogP contribution in [-0.2, 0) is 20.4 Å². The molecule has 5 heteroatoms. The van der Waals surface area contributed by atoms with E-state index >= 15 is 0 Å². The third-order valence-electron chi connectivity index (χ3n) is 1.40. The summed E-state index contributed by atoms with van der Waals surface area (Å²) in [7, 11) is 0. The molecule has 1 aromatic rings. The van der Waals surface area contributed by atoms with Gasteiger partial charge in [0, 0.05) is 20.4 Å². The van der Waals surface area contributed by atoms with Crippen LogP contribution >= 0.6 is 0 Å². The van der Waals surface area contributed by atoms with Gasteiger partial charge >= 0.3 is 5.97 Å². The molecule has 0 aliphatic carbocycles. The Morgan fingerprint density at radius 1 is 1.38 bits per heavy atom. The topological polar surface area (TPSA) is 74.6 Å². The average Bonchev–Trinajstić information content (AvgIpc) is 2.05. The predicted molar refractivity (Wildman–Crippen MR) is 40.5 cm³/mol. The van der Waals surface area contributed by atoms with Crippen LogP contribution in [0.3, 0.4) is 0 Å². The summed E-state index contributed by atoms with van der Waals surface area (Å²) in [5.74, 6) is -1.34. The molecule has 1 radical (unpaired) electrons. The summed E-state index contributed by atoms with van der Waals surface area (Å²) in [6.45, 7) is 0. The van der Waals surface area contributed by atoms with Gasteiger partial charge < -0.3 is 10.2 Å². The first kappa shape index (κ1) is 11.8. The molecule has 0 spiro atoms. The molecule has 4 nitrogen and oxygen atoms in total. The number of aldehydes is 1. The van der Waals surface area contributed by atoms with Crippen molar-refractivity contribution in [2.24, 2.45) is 0 Å². The van der Waals surface area contributed by atoms with Crippen LogP contribution in [0.2, 0.25) is 0 Å². The minimum atomic E-state index is -1.13. The van der Waals surface area contributed by atoms with Gasteiger partial charge in [-0.05, 0) is 18.2 Å². The number of phenolic OH excluding ortho intramolecular Hbond substituents is 1. The van der Waals surface area contributed by atoms with E-state index in [1.165, 1.54) is 12.1 Å². The molecule has 0 amide bonds. The van der Waals surface area contributed by atoms with Gasteiger partial charge in [-0.1, -0.05) is 0 Å². The predicted octanol–water partition coefficient (Wildman–Crippen LogP) is 0.900. The quantitative estimate of drug-likeness (QED) is 0.776. The molecule has 0 fully saturated rings. The Balaban J connectivity index is 0.00000144. The maximum absolute atomic E-state index is 10.4. The van der Waals surface area contributed by atoms with Crippen LogP contribution in [0, 0.1) is 0 Å². The zero-order chi connectivity index (χ0) is 9.14. The number of hydrogen-bond acceptors (Lipinski definition) is 3. The Morgan fingerprint density at radius 2 is 2.00 bits per heavy atom. The van der Waals surface area contributed by atoms with Crippen molar-refractivity contribution in [3.05, 3.63) is 29.3 Å². The van der Waals surface area contributed by atoms with Gasteiger partial charge in [0.25, 0.3) is 0 Å². The van der Waals surface area contributed by atoms with Gasteiger partial charge in [-0.25, -0.2) is 4.79 Å². The first-order valence-corrected chi connectivity index (χ1v) is 3.16. The number of rotatable bonds is 2. The number of benzene rings is 1. The van der Waals surface area contributed by atoms with Crippen molar-refractivity contribution in [3.8, 4) is 5.75 Å². The van der Waals surface area contributed by atoms with Crippen molar-refractivity contribution in [1.29, 1.82) is 0 Å². The molecule has 0 heterocycles. The van der Waals surface area contributed by atoms with Crippen LogP contribution in [0.15, 0.2) is 18.2 Å². The van der Waals surface area contributed by atoms with Gasteiger partial charge in [0.1, 0.15) is 5.75 Å². The van der Waals surface area contributed by atoms with Crippen LogP contribution in [0.25, 0.3) is 0 Å².